The molecular weight excluding hydrogens is 290 g/mol. The molecule has 1 aromatic carbocycles. The molecule has 0 spiro atoms. The molecule has 21 heavy (non-hydrogen) atoms. The fraction of sp³-hybridized carbons (Fsp3) is 0.625. The Balaban J connectivity index is 2.15. The normalized spacial score (nSPS) is 22.0. The largest absolute Gasteiger partial charge is 0.382 e. The summed E-state index contributed by atoms with van der Waals surface area (Å²) in [7, 11) is 1.64. The molecule has 2 atom stereocenters. The molecule has 1 fully saturated rings. The maximum atomic E-state index is 11.3. The topological polar surface area (TPSA) is 50.7 Å². The van der Waals surface area contributed by atoms with Crippen LogP contribution in [-0.4, -0.2) is 45.1 Å². The Labute approximate surface area is 131 Å². The maximum Gasteiger partial charge on any atom is 0.117 e. The van der Waals surface area contributed by atoms with Crippen molar-refractivity contribution in [3.63, 3.8) is 0 Å². The van der Waals surface area contributed by atoms with E-state index in [0.29, 0.717) is 18.2 Å². The van der Waals surface area contributed by atoms with Crippen molar-refractivity contribution < 1.29 is 14.6 Å². The van der Waals surface area contributed by atoms with E-state index in [1.807, 2.05) is 24.3 Å². The molecule has 0 aromatic heterocycles. The summed E-state index contributed by atoms with van der Waals surface area (Å²) in [6.45, 7) is 3.04. The number of methoxy groups -OCH3 is 1. The summed E-state index contributed by atoms with van der Waals surface area (Å²) in [5, 5.41) is 15.3. The second kappa shape index (κ2) is 8.11. The lowest BCUT2D eigenvalue weighted by Gasteiger charge is -2.39. The van der Waals surface area contributed by atoms with Gasteiger partial charge in [0.15, 0.2) is 0 Å². The number of ether oxygens (including phenoxy) is 2. The van der Waals surface area contributed by atoms with Crippen LogP contribution >= 0.6 is 11.6 Å². The van der Waals surface area contributed by atoms with E-state index in [2.05, 4.69) is 5.32 Å². The lowest BCUT2D eigenvalue weighted by atomic mass is 9.78. The van der Waals surface area contributed by atoms with E-state index in [9.17, 15) is 5.11 Å². The minimum absolute atomic E-state index is 0.118. The number of hydrogen-bond donors (Lipinski definition) is 2. The van der Waals surface area contributed by atoms with E-state index >= 15 is 0 Å². The first-order chi connectivity index (χ1) is 10.2. The first-order valence-electron chi connectivity index (χ1n) is 7.42. The number of halogens is 1. The molecule has 1 saturated heterocycles. The molecule has 5 heteroatoms. The van der Waals surface area contributed by atoms with Crippen LogP contribution in [0, 0.1) is 5.92 Å². The molecular formula is C16H24ClNO3. The summed E-state index contributed by atoms with van der Waals surface area (Å²) < 4.78 is 10.6. The monoisotopic (exact) mass is 313 g/mol. The van der Waals surface area contributed by atoms with E-state index in [1.165, 1.54) is 0 Å². The van der Waals surface area contributed by atoms with Gasteiger partial charge in [-0.1, -0.05) is 23.7 Å². The molecule has 0 amide bonds. The highest BCUT2D eigenvalue weighted by Gasteiger charge is 2.39. The second-order valence-corrected chi connectivity index (χ2v) is 5.96. The Kier molecular flexibility index (Phi) is 6.45. The predicted octanol–water partition coefficient (Wildman–Crippen LogP) is 2.19. The fourth-order valence-corrected chi connectivity index (χ4v) is 3.01. The minimum atomic E-state index is -1.02. The average molecular weight is 314 g/mol. The number of piperidine rings is 1. The Morgan fingerprint density at radius 3 is 2.95 bits per heavy atom. The van der Waals surface area contributed by atoms with Crippen molar-refractivity contribution in [2.24, 2.45) is 5.92 Å². The van der Waals surface area contributed by atoms with Crippen molar-refractivity contribution >= 4 is 11.6 Å². The lowest BCUT2D eigenvalue weighted by Crippen LogP contribution is -2.47. The molecule has 2 N–H and O–H groups in total. The Morgan fingerprint density at radius 1 is 1.43 bits per heavy atom. The molecule has 1 heterocycles. The van der Waals surface area contributed by atoms with Gasteiger partial charge in [0.25, 0.3) is 0 Å². The van der Waals surface area contributed by atoms with Gasteiger partial charge in [0.2, 0.25) is 0 Å². The highest BCUT2D eigenvalue weighted by Crippen LogP contribution is 2.35. The SMILES string of the molecule is COCCOCC(O)(c1cccc(Cl)c1)C1CCCNC1. The van der Waals surface area contributed by atoms with E-state index in [-0.39, 0.29) is 12.5 Å². The summed E-state index contributed by atoms with van der Waals surface area (Å²) in [6.07, 6.45) is 2.04. The third kappa shape index (κ3) is 4.41. The van der Waals surface area contributed by atoms with E-state index < -0.39 is 5.60 Å². The van der Waals surface area contributed by atoms with Gasteiger partial charge in [-0.15, -0.1) is 0 Å². The van der Waals surface area contributed by atoms with Crippen molar-refractivity contribution in [2.75, 3.05) is 40.0 Å². The number of aliphatic hydroxyl groups is 1. The zero-order valence-electron chi connectivity index (χ0n) is 12.5. The van der Waals surface area contributed by atoms with Gasteiger partial charge in [0.1, 0.15) is 5.60 Å². The van der Waals surface area contributed by atoms with Crippen LogP contribution in [0.5, 0.6) is 0 Å². The van der Waals surface area contributed by atoms with Crippen LogP contribution in [0.25, 0.3) is 0 Å². The van der Waals surface area contributed by atoms with Gasteiger partial charge in [0, 0.05) is 24.6 Å². The quantitative estimate of drug-likeness (QED) is 0.758. The van der Waals surface area contributed by atoms with E-state index in [1.54, 1.807) is 7.11 Å². The van der Waals surface area contributed by atoms with Crippen molar-refractivity contribution in [3.05, 3.63) is 34.9 Å². The molecule has 0 bridgehead atoms. The zero-order valence-corrected chi connectivity index (χ0v) is 13.2. The number of benzene rings is 1. The maximum absolute atomic E-state index is 11.3. The second-order valence-electron chi connectivity index (χ2n) is 5.52. The summed E-state index contributed by atoms with van der Waals surface area (Å²) in [5.74, 6) is 0.118. The highest BCUT2D eigenvalue weighted by molar-refractivity contribution is 6.30. The first-order valence-corrected chi connectivity index (χ1v) is 7.80. The number of nitrogens with one attached hydrogen (secondary N) is 1. The molecule has 1 aliphatic rings. The smallest absolute Gasteiger partial charge is 0.117 e. The van der Waals surface area contributed by atoms with Crippen molar-refractivity contribution in [2.45, 2.75) is 18.4 Å². The van der Waals surface area contributed by atoms with Gasteiger partial charge in [-0.25, -0.2) is 0 Å². The van der Waals surface area contributed by atoms with Crippen molar-refractivity contribution in [1.82, 2.24) is 5.32 Å². The summed E-state index contributed by atoms with van der Waals surface area (Å²) in [5.41, 5.74) is -0.201. The predicted molar refractivity (Wildman–Crippen MR) is 83.6 cm³/mol. The Hall–Kier alpha value is -0.650. The van der Waals surface area contributed by atoms with E-state index in [4.69, 9.17) is 21.1 Å². The third-order valence-electron chi connectivity index (χ3n) is 4.05. The van der Waals surface area contributed by atoms with Gasteiger partial charge in [-0.3, -0.25) is 0 Å². The van der Waals surface area contributed by atoms with Gasteiger partial charge >= 0.3 is 0 Å². The molecule has 1 aromatic rings. The van der Waals surface area contributed by atoms with E-state index in [0.717, 1.165) is 31.5 Å². The van der Waals surface area contributed by atoms with Crippen LogP contribution in [0.1, 0.15) is 18.4 Å². The first kappa shape index (κ1) is 16.7. The highest BCUT2D eigenvalue weighted by atomic mass is 35.5. The number of hydrogen-bond acceptors (Lipinski definition) is 4. The molecule has 118 valence electrons. The Bertz CT molecular complexity index is 437. The Morgan fingerprint density at radius 2 is 2.29 bits per heavy atom. The van der Waals surface area contributed by atoms with Crippen LogP contribution < -0.4 is 5.32 Å². The van der Waals surface area contributed by atoms with Crippen LogP contribution in [0.4, 0.5) is 0 Å². The summed E-state index contributed by atoms with van der Waals surface area (Å²) >= 11 is 6.09. The summed E-state index contributed by atoms with van der Waals surface area (Å²) in [6, 6.07) is 7.43. The molecule has 2 rings (SSSR count). The molecule has 2 unspecified atom stereocenters. The van der Waals surface area contributed by atoms with Crippen molar-refractivity contribution in [1.29, 1.82) is 0 Å². The zero-order chi connectivity index (χ0) is 15.1. The van der Waals surface area contributed by atoms with Gasteiger partial charge in [0.05, 0.1) is 19.8 Å². The molecule has 0 saturated carbocycles. The standard InChI is InChI=1S/C16H24ClNO3/c1-20-8-9-21-12-16(19,14-5-3-7-18-11-14)13-4-2-6-15(17)10-13/h2,4,6,10,14,18-19H,3,5,7-9,11-12H2,1H3. The third-order valence-corrected chi connectivity index (χ3v) is 4.29. The van der Waals surface area contributed by atoms with Crippen LogP contribution in [0.3, 0.4) is 0 Å². The van der Waals surface area contributed by atoms with Crippen LogP contribution in [0.2, 0.25) is 5.02 Å². The summed E-state index contributed by atoms with van der Waals surface area (Å²) in [4.78, 5) is 0. The number of rotatable bonds is 7. The minimum Gasteiger partial charge on any atom is -0.382 e. The molecule has 0 aliphatic carbocycles. The van der Waals surface area contributed by atoms with Crippen LogP contribution in [-0.2, 0) is 15.1 Å². The molecule has 0 radical (unpaired) electrons. The lowest BCUT2D eigenvalue weighted by molar-refractivity contribution is -0.101. The molecule has 1 aliphatic heterocycles. The van der Waals surface area contributed by atoms with Gasteiger partial charge < -0.3 is 19.9 Å². The van der Waals surface area contributed by atoms with Crippen LogP contribution in [0.15, 0.2) is 24.3 Å². The van der Waals surface area contributed by atoms with Gasteiger partial charge in [-0.2, -0.15) is 0 Å². The van der Waals surface area contributed by atoms with Gasteiger partial charge in [-0.05, 0) is 37.1 Å². The molecule has 4 nitrogen and oxygen atoms in total. The fourth-order valence-electron chi connectivity index (χ4n) is 2.82. The average Bonchev–Trinajstić information content (AvgIpc) is 2.52. The van der Waals surface area contributed by atoms with Crippen molar-refractivity contribution in [3.8, 4) is 0 Å².